The topological polar surface area (TPSA) is 20.2 Å². The largest absolute Gasteiger partial charge is 0.507 e. The number of phenolic OH excluding ortho intramolecular Hbond substituents is 1. The summed E-state index contributed by atoms with van der Waals surface area (Å²) in [7, 11) is 0. The van der Waals surface area contributed by atoms with Gasteiger partial charge in [-0.1, -0.05) is 76.2 Å². The summed E-state index contributed by atoms with van der Waals surface area (Å²) in [6.07, 6.45) is 0. The first-order valence-electron chi connectivity index (χ1n) is 6.78. The van der Waals surface area contributed by atoms with Crippen molar-refractivity contribution in [1.29, 1.82) is 0 Å². The van der Waals surface area contributed by atoms with Crippen molar-refractivity contribution in [2.75, 3.05) is 0 Å². The highest BCUT2D eigenvalue weighted by Crippen LogP contribution is 2.38. The van der Waals surface area contributed by atoms with Crippen molar-refractivity contribution >= 4 is 0 Å². The van der Waals surface area contributed by atoms with E-state index in [9.17, 15) is 5.11 Å². The molecule has 2 rings (SSSR count). The van der Waals surface area contributed by atoms with Gasteiger partial charge in [0.1, 0.15) is 5.75 Å². The van der Waals surface area contributed by atoms with Gasteiger partial charge >= 0.3 is 0 Å². The van der Waals surface area contributed by atoms with Gasteiger partial charge in [-0.25, -0.2) is 0 Å². The average Bonchev–Trinajstić information content (AvgIpc) is 2.38. The summed E-state index contributed by atoms with van der Waals surface area (Å²) >= 11 is 0. The minimum atomic E-state index is -0.0451. The molecule has 0 bridgehead atoms. The molecule has 0 radical (unpaired) electrons. The van der Waals surface area contributed by atoms with Gasteiger partial charge < -0.3 is 5.11 Å². The fourth-order valence-electron chi connectivity index (χ4n) is 2.44. The molecule has 0 aliphatic heterocycles. The molecule has 0 amide bonds. The van der Waals surface area contributed by atoms with Gasteiger partial charge in [0.05, 0.1) is 0 Å². The quantitative estimate of drug-likeness (QED) is 0.813. The van der Waals surface area contributed by atoms with Gasteiger partial charge in [0.25, 0.3) is 0 Å². The predicted molar refractivity (Wildman–Crippen MR) is 80.8 cm³/mol. The number of para-hydroxylation sites is 1. The van der Waals surface area contributed by atoms with E-state index in [0.29, 0.717) is 5.75 Å². The van der Waals surface area contributed by atoms with Crippen LogP contribution in [0.5, 0.6) is 5.75 Å². The molecule has 0 unspecified atom stereocenters. The fraction of sp³-hybridized carbons (Fsp3) is 0.333. The van der Waals surface area contributed by atoms with Crippen LogP contribution in [0.3, 0.4) is 0 Å². The second-order valence-corrected chi connectivity index (χ2v) is 6.13. The average molecular weight is 254 g/mol. The van der Waals surface area contributed by atoms with Crippen molar-refractivity contribution in [3.63, 3.8) is 0 Å². The van der Waals surface area contributed by atoms with Gasteiger partial charge in [0.15, 0.2) is 0 Å². The summed E-state index contributed by atoms with van der Waals surface area (Å²) in [6.45, 7) is 8.51. The Bertz CT molecular complexity index is 550. The van der Waals surface area contributed by atoms with E-state index in [2.05, 4.69) is 39.8 Å². The molecule has 2 aromatic carbocycles. The Labute approximate surface area is 115 Å². The molecular formula is C18H22O. The minimum absolute atomic E-state index is 0.0451. The molecule has 1 atom stereocenters. The Morgan fingerprint density at radius 1 is 0.895 bits per heavy atom. The Balaban J connectivity index is 2.47. The summed E-state index contributed by atoms with van der Waals surface area (Å²) in [4.78, 5) is 0. The van der Waals surface area contributed by atoms with Crippen LogP contribution in [-0.4, -0.2) is 5.11 Å². The molecule has 100 valence electrons. The maximum Gasteiger partial charge on any atom is 0.123 e. The Morgan fingerprint density at radius 2 is 1.53 bits per heavy atom. The van der Waals surface area contributed by atoms with E-state index < -0.39 is 0 Å². The standard InChI is InChI=1S/C18H22O/c1-13(14-9-6-5-7-10-14)15-11-8-12-16(17(15)19)18(2,3)4/h5-13,19H,1-4H3/t13-/m1/s1. The van der Waals surface area contributed by atoms with Crippen molar-refractivity contribution in [1.82, 2.24) is 0 Å². The molecule has 1 heteroatoms. The predicted octanol–water partition coefficient (Wildman–Crippen LogP) is 4.84. The van der Waals surface area contributed by atoms with Crippen molar-refractivity contribution in [2.45, 2.75) is 39.0 Å². The lowest BCUT2D eigenvalue weighted by Gasteiger charge is -2.24. The highest BCUT2D eigenvalue weighted by Gasteiger charge is 2.22. The minimum Gasteiger partial charge on any atom is -0.507 e. The number of hydrogen-bond acceptors (Lipinski definition) is 1. The molecule has 1 N–H and O–H groups in total. The smallest absolute Gasteiger partial charge is 0.123 e. The molecule has 0 saturated heterocycles. The zero-order chi connectivity index (χ0) is 14.0. The van der Waals surface area contributed by atoms with Gasteiger partial charge in [-0.2, -0.15) is 0 Å². The van der Waals surface area contributed by atoms with E-state index >= 15 is 0 Å². The second-order valence-electron chi connectivity index (χ2n) is 6.13. The molecule has 0 heterocycles. The Kier molecular flexibility index (Phi) is 3.66. The first-order chi connectivity index (χ1) is 8.91. The van der Waals surface area contributed by atoms with E-state index in [4.69, 9.17) is 0 Å². The van der Waals surface area contributed by atoms with Crippen LogP contribution in [0.25, 0.3) is 0 Å². The SMILES string of the molecule is C[C@H](c1ccccc1)c1cccc(C(C)(C)C)c1O. The molecule has 0 fully saturated rings. The van der Waals surface area contributed by atoms with Crippen molar-refractivity contribution in [3.05, 3.63) is 65.2 Å². The Hall–Kier alpha value is -1.76. The molecule has 0 saturated carbocycles. The Morgan fingerprint density at radius 3 is 2.11 bits per heavy atom. The first kappa shape index (κ1) is 13.7. The van der Waals surface area contributed by atoms with Crippen molar-refractivity contribution < 1.29 is 5.11 Å². The van der Waals surface area contributed by atoms with Gasteiger partial charge in [0.2, 0.25) is 0 Å². The van der Waals surface area contributed by atoms with Crippen molar-refractivity contribution in [3.8, 4) is 5.75 Å². The summed E-state index contributed by atoms with van der Waals surface area (Å²) in [5.41, 5.74) is 3.19. The van der Waals surface area contributed by atoms with Gasteiger partial charge in [-0.05, 0) is 16.5 Å². The third-order valence-corrected chi connectivity index (χ3v) is 3.64. The number of benzene rings is 2. The maximum absolute atomic E-state index is 10.6. The third-order valence-electron chi connectivity index (χ3n) is 3.64. The van der Waals surface area contributed by atoms with Crippen LogP contribution in [-0.2, 0) is 5.41 Å². The molecule has 2 aromatic rings. The highest BCUT2D eigenvalue weighted by molar-refractivity contribution is 5.48. The summed E-state index contributed by atoms with van der Waals surface area (Å²) in [5, 5.41) is 10.6. The molecule has 0 aliphatic rings. The zero-order valence-electron chi connectivity index (χ0n) is 12.1. The van der Waals surface area contributed by atoms with Crippen molar-refractivity contribution in [2.24, 2.45) is 0 Å². The van der Waals surface area contributed by atoms with Crippen LogP contribution in [0.15, 0.2) is 48.5 Å². The maximum atomic E-state index is 10.6. The lowest BCUT2D eigenvalue weighted by Crippen LogP contribution is -2.12. The molecule has 1 nitrogen and oxygen atoms in total. The van der Waals surface area contributed by atoms with Crippen LogP contribution in [0.4, 0.5) is 0 Å². The summed E-state index contributed by atoms with van der Waals surface area (Å²) in [6, 6.07) is 16.4. The number of aromatic hydroxyl groups is 1. The van der Waals surface area contributed by atoms with E-state index in [1.54, 1.807) is 0 Å². The van der Waals surface area contributed by atoms with E-state index in [0.717, 1.165) is 11.1 Å². The van der Waals surface area contributed by atoms with E-state index in [1.165, 1.54) is 5.56 Å². The third kappa shape index (κ3) is 2.81. The van der Waals surface area contributed by atoms with Crippen LogP contribution in [0.1, 0.15) is 50.3 Å². The molecule has 19 heavy (non-hydrogen) atoms. The van der Waals surface area contributed by atoms with Crippen LogP contribution in [0, 0.1) is 0 Å². The number of phenols is 1. The fourth-order valence-corrected chi connectivity index (χ4v) is 2.44. The summed E-state index contributed by atoms with van der Waals surface area (Å²) in [5.74, 6) is 0.634. The number of rotatable bonds is 2. The van der Waals surface area contributed by atoms with Gasteiger partial charge in [0, 0.05) is 11.5 Å². The summed E-state index contributed by atoms with van der Waals surface area (Å²) < 4.78 is 0. The monoisotopic (exact) mass is 254 g/mol. The second kappa shape index (κ2) is 5.08. The lowest BCUT2D eigenvalue weighted by molar-refractivity contribution is 0.438. The molecule has 0 aliphatic carbocycles. The highest BCUT2D eigenvalue weighted by atomic mass is 16.3. The van der Waals surface area contributed by atoms with Crippen LogP contribution >= 0.6 is 0 Å². The molecule has 0 aromatic heterocycles. The van der Waals surface area contributed by atoms with Gasteiger partial charge in [-0.15, -0.1) is 0 Å². The first-order valence-corrected chi connectivity index (χ1v) is 6.78. The van der Waals surface area contributed by atoms with Crippen LogP contribution < -0.4 is 0 Å². The number of hydrogen-bond donors (Lipinski definition) is 1. The molecular weight excluding hydrogens is 232 g/mol. The van der Waals surface area contributed by atoms with E-state index in [1.807, 2.05) is 36.4 Å². The lowest BCUT2D eigenvalue weighted by atomic mass is 9.82. The van der Waals surface area contributed by atoms with E-state index in [-0.39, 0.29) is 11.3 Å². The molecule has 0 spiro atoms. The normalized spacial score (nSPS) is 13.3. The van der Waals surface area contributed by atoms with Crippen LogP contribution in [0.2, 0.25) is 0 Å². The zero-order valence-corrected chi connectivity index (χ0v) is 12.1. The van der Waals surface area contributed by atoms with Gasteiger partial charge in [-0.3, -0.25) is 0 Å².